The Kier molecular flexibility index (Phi) is 6.09. The summed E-state index contributed by atoms with van der Waals surface area (Å²) in [6.07, 6.45) is 6.89. The first-order valence-electron chi connectivity index (χ1n) is 7.05. The Balaban J connectivity index is 2.30. The number of carboxylic acids is 1. The molecule has 106 valence electrons. The lowest BCUT2D eigenvalue weighted by Gasteiger charge is -2.30. The van der Waals surface area contributed by atoms with Crippen LogP contribution >= 0.6 is 0 Å². The van der Waals surface area contributed by atoms with E-state index in [1.165, 1.54) is 19.3 Å². The lowest BCUT2D eigenvalue weighted by molar-refractivity contribution is -0.145. The zero-order chi connectivity index (χ0) is 13.6. The van der Waals surface area contributed by atoms with E-state index >= 15 is 0 Å². The number of likely N-dealkylation sites (N-methyl/N-ethyl adjacent to an activating group) is 1. The average Bonchev–Trinajstić information content (AvgIpc) is 2.38. The number of hydrogen-bond donors (Lipinski definition) is 2. The van der Waals surface area contributed by atoms with E-state index in [4.69, 9.17) is 9.84 Å². The van der Waals surface area contributed by atoms with Gasteiger partial charge in [-0.25, -0.2) is 0 Å². The standard InChI is InChI=1S/C14H27NO3/c1-4-11-6-5-7-12(10-11)18-9-8-14(2,15-3)13(16)17/h11-12,15H,4-10H2,1-3H3,(H,16,17). The number of ether oxygens (including phenoxy) is 1. The third-order valence-corrected chi connectivity index (χ3v) is 4.29. The van der Waals surface area contributed by atoms with Crippen LogP contribution < -0.4 is 5.32 Å². The molecule has 4 heteroatoms. The molecule has 1 aliphatic carbocycles. The van der Waals surface area contributed by atoms with Gasteiger partial charge in [-0.15, -0.1) is 0 Å². The van der Waals surface area contributed by atoms with Crippen LogP contribution in [0.4, 0.5) is 0 Å². The van der Waals surface area contributed by atoms with Gasteiger partial charge in [-0.1, -0.05) is 26.2 Å². The van der Waals surface area contributed by atoms with E-state index in [1.807, 2.05) is 0 Å². The van der Waals surface area contributed by atoms with Gasteiger partial charge in [-0.2, -0.15) is 0 Å². The molecule has 0 heterocycles. The van der Waals surface area contributed by atoms with Crippen LogP contribution in [-0.2, 0) is 9.53 Å². The molecule has 0 aliphatic heterocycles. The topological polar surface area (TPSA) is 58.6 Å². The molecule has 18 heavy (non-hydrogen) atoms. The Morgan fingerprint density at radius 2 is 2.22 bits per heavy atom. The van der Waals surface area contributed by atoms with E-state index in [2.05, 4.69) is 12.2 Å². The SMILES string of the molecule is CCC1CCCC(OCCC(C)(NC)C(=O)O)C1. The summed E-state index contributed by atoms with van der Waals surface area (Å²) >= 11 is 0. The maximum Gasteiger partial charge on any atom is 0.323 e. The third-order valence-electron chi connectivity index (χ3n) is 4.29. The van der Waals surface area contributed by atoms with Crippen molar-refractivity contribution in [2.75, 3.05) is 13.7 Å². The minimum Gasteiger partial charge on any atom is -0.480 e. The predicted octanol–water partition coefficient (Wildman–Crippen LogP) is 2.42. The molecule has 2 N–H and O–H groups in total. The Labute approximate surface area is 110 Å². The van der Waals surface area contributed by atoms with E-state index in [0.717, 1.165) is 18.8 Å². The second kappa shape index (κ2) is 7.10. The molecule has 0 aromatic rings. The molecule has 1 saturated carbocycles. The van der Waals surface area contributed by atoms with E-state index in [1.54, 1.807) is 14.0 Å². The van der Waals surface area contributed by atoms with E-state index in [-0.39, 0.29) is 0 Å². The summed E-state index contributed by atoms with van der Waals surface area (Å²) in [4.78, 5) is 11.1. The molecular formula is C14H27NO3. The molecular weight excluding hydrogens is 230 g/mol. The van der Waals surface area contributed by atoms with Gasteiger partial charge >= 0.3 is 5.97 Å². The van der Waals surface area contributed by atoms with Gasteiger partial charge in [0.25, 0.3) is 0 Å². The highest BCUT2D eigenvalue weighted by Crippen LogP contribution is 2.28. The summed E-state index contributed by atoms with van der Waals surface area (Å²) in [5.41, 5.74) is -0.876. The summed E-state index contributed by atoms with van der Waals surface area (Å²) in [5.74, 6) is -0.0254. The van der Waals surface area contributed by atoms with Crippen LogP contribution in [0.25, 0.3) is 0 Å². The Hall–Kier alpha value is -0.610. The van der Waals surface area contributed by atoms with Crippen LogP contribution in [0.3, 0.4) is 0 Å². The van der Waals surface area contributed by atoms with Crippen molar-refractivity contribution in [3.05, 3.63) is 0 Å². The van der Waals surface area contributed by atoms with Gasteiger partial charge in [0, 0.05) is 6.61 Å². The second-order valence-electron chi connectivity index (χ2n) is 5.57. The van der Waals surface area contributed by atoms with Crippen LogP contribution in [-0.4, -0.2) is 36.4 Å². The summed E-state index contributed by atoms with van der Waals surface area (Å²) in [6.45, 7) is 4.45. The number of carbonyl (C=O) groups is 1. The van der Waals surface area contributed by atoms with Gasteiger partial charge < -0.3 is 15.2 Å². The van der Waals surface area contributed by atoms with Crippen LogP contribution in [0, 0.1) is 5.92 Å². The van der Waals surface area contributed by atoms with Gasteiger partial charge in [0.15, 0.2) is 0 Å². The van der Waals surface area contributed by atoms with Crippen LogP contribution in [0.15, 0.2) is 0 Å². The molecule has 0 spiro atoms. The first-order valence-corrected chi connectivity index (χ1v) is 7.05. The minimum atomic E-state index is -0.876. The molecule has 4 nitrogen and oxygen atoms in total. The molecule has 1 rings (SSSR count). The van der Waals surface area contributed by atoms with Crippen molar-refractivity contribution in [2.45, 2.75) is 64.0 Å². The number of nitrogens with one attached hydrogen (secondary N) is 1. The van der Waals surface area contributed by atoms with Crippen molar-refractivity contribution in [3.8, 4) is 0 Å². The predicted molar refractivity (Wildman–Crippen MR) is 71.7 cm³/mol. The summed E-state index contributed by atoms with van der Waals surface area (Å²) in [6, 6.07) is 0. The summed E-state index contributed by atoms with van der Waals surface area (Å²) in [5, 5.41) is 12.0. The molecule has 0 aromatic heterocycles. The largest absolute Gasteiger partial charge is 0.480 e. The Bertz CT molecular complexity index is 270. The van der Waals surface area contributed by atoms with E-state index in [0.29, 0.717) is 19.1 Å². The molecule has 0 aromatic carbocycles. The smallest absolute Gasteiger partial charge is 0.323 e. The zero-order valence-electron chi connectivity index (χ0n) is 11.9. The van der Waals surface area contributed by atoms with Crippen molar-refractivity contribution < 1.29 is 14.6 Å². The minimum absolute atomic E-state index is 0.332. The maximum atomic E-state index is 11.1. The molecule has 0 bridgehead atoms. The number of rotatable bonds is 7. The van der Waals surface area contributed by atoms with Gasteiger partial charge in [0.1, 0.15) is 5.54 Å². The molecule has 1 aliphatic rings. The monoisotopic (exact) mass is 257 g/mol. The van der Waals surface area contributed by atoms with Crippen molar-refractivity contribution in [1.29, 1.82) is 0 Å². The fourth-order valence-corrected chi connectivity index (χ4v) is 2.53. The molecule has 1 fully saturated rings. The maximum absolute atomic E-state index is 11.1. The highest BCUT2D eigenvalue weighted by Gasteiger charge is 2.31. The summed E-state index contributed by atoms with van der Waals surface area (Å²) < 4.78 is 5.86. The number of hydrogen-bond acceptors (Lipinski definition) is 3. The van der Waals surface area contributed by atoms with Crippen molar-refractivity contribution in [1.82, 2.24) is 5.32 Å². The fraction of sp³-hybridized carbons (Fsp3) is 0.929. The summed E-state index contributed by atoms with van der Waals surface area (Å²) in [7, 11) is 1.68. The molecule has 3 atom stereocenters. The van der Waals surface area contributed by atoms with Crippen molar-refractivity contribution >= 4 is 5.97 Å². The average molecular weight is 257 g/mol. The molecule has 0 radical (unpaired) electrons. The molecule has 0 saturated heterocycles. The first-order chi connectivity index (χ1) is 8.51. The van der Waals surface area contributed by atoms with E-state index in [9.17, 15) is 4.79 Å². The van der Waals surface area contributed by atoms with Crippen molar-refractivity contribution in [2.24, 2.45) is 5.92 Å². The highest BCUT2D eigenvalue weighted by molar-refractivity contribution is 5.78. The normalized spacial score (nSPS) is 27.7. The van der Waals surface area contributed by atoms with Crippen molar-refractivity contribution in [3.63, 3.8) is 0 Å². The van der Waals surface area contributed by atoms with Gasteiger partial charge in [-0.05, 0) is 39.2 Å². The quantitative estimate of drug-likeness (QED) is 0.735. The number of carboxylic acid groups (broad SMARTS) is 1. The number of aliphatic carboxylic acids is 1. The lowest BCUT2D eigenvalue weighted by atomic mass is 9.85. The zero-order valence-corrected chi connectivity index (χ0v) is 11.9. The fourth-order valence-electron chi connectivity index (χ4n) is 2.53. The molecule has 3 unspecified atom stereocenters. The van der Waals surface area contributed by atoms with Gasteiger partial charge in [0.05, 0.1) is 6.10 Å². The van der Waals surface area contributed by atoms with Crippen LogP contribution in [0.2, 0.25) is 0 Å². The van der Waals surface area contributed by atoms with Crippen LogP contribution in [0.1, 0.15) is 52.4 Å². The Morgan fingerprint density at radius 1 is 1.50 bits per heavy atom. The lowest BCUT2D eigenvalue weighted by Crippen LogP contribution is -2.48. The first kappa shape index (κ1) is 15.4. The third kappa shape index (κ3) is 4.25. The van der Waals surface area contributed by atoms with E-state index < -0.39 is 11.5 Å². The van der Waals surface area contributed by atoms with Crippen LogP contribution in [0.5, 0.6) is 0 Å². The highest BCUT2D eigenvalue weighted by atomic mass is 16.5. The molecule has 0 amide bonds. The van der Waals surface area contributed by atoms with Gasteiger partial charge in [-0.3, -0.25) is 4.79 Å². The van der Waals surface area contributed by atoms with Gasteiger partial charge in [0.2, 0.25) is 0 Å². The second-order valence-corrected chi connectivity index (χ2v) is 5.57. The Morgan fingerprint density at radius 3 is 2.78 bits per heavy atom.